The summed E-state index contributed by atoms with van der Waals surface area (Å²) in [4.78, 5) is 31.1. The minimum absolute atomic E-state index is 0.147. The molecule has 0 radical (unpaired) electrons. The molecule has 4 rings (SSSR count). The fraction of sp³-hybridized carbons (Fsp3) is 0.296. The molecule has 1 amide bonds. The van der Waals surface area contributed by atoms with Crippen molar-refractivity contribution < 1.29 is 9.59 Å². The smallest absolute Gasteiger partial charge is 0.226 e. The van der Waals surface area contributed by atoms with Crippen molar-refractivity contribution in [2.45, 2.75) is 46.5 Å². The monoisotopic (exact) mass is 412 g/mol. The molecule has 0 N–H and O–H groups in total. The summed E-state index contributed by atoms with van der Waals surface area (Å²) in [7, 11) is 0. The van der Waals surface area contributed by atoms with Crippen molar-refractivity contribution in [2.24, 2.45) is 0 Å². The maximum atomic E-state index is 12.7. The van der Waals surface area contributed by atoms with Crippen molar-refractivity contribution >= 4 is 17.4 Å². The highest BCUT2D eigenvalue weighted by Gasteiger charge is 2.23. The predicted molar refractivity (Wildman–Crippen MR) is 125 cm³/mol. The SMILES string of the molecule is CCC(=O)N1CCc2cc(-c3ccc(C(=O)CCc4ccc(C)nc4C)cc3)ccc21. The van der Waals surface area contributed by atoms with Gasteiger partial charge >= 0.3 is 0 Å². The summed E-state index contributed by atoms with van der Waals surface area (Å²) in [6.07, 6.45) is 2.60. The maximum absolute atomic E-state index is 12.7. The van der Waals surface area contributed by atoms with Crippen LogP contribution in [0.5, 0.6) is 0 Å². The zero-order valence-electron chi connectivity index (χ0n) is 18.4. The normalized spacial score (nSPS) is 12.7. The van der Waals surface area contributed by atoms with E-state index in [1.165, 1.54) is 5.56 Å². The number of Topliss-reactive ketones (excluding diaryl/α,β-unsaturated/α-hetero) is 1. The molecule has 0 saturated heterocycles. The molecule has 0 fully saturated rings. The number of nitrogens with zero attached hydrogens (tertiary/aromatic N) is 2. The number of anilines is 1. The summed E-state index contributed by atoms with van der Waals surface area (Å²) in [5.41, 5.74) is 8.30. The third kappa shape index (κ3) is 4.43. The predicted octanol–water partition coefficient (Wildman–Crippen LogP) is 5.48. The highest BCUT2D eigenvalue weighted by Crippen LogP contribution is 2.33. The summed E-state index contributed by atoms with van der Waals surface area (Å²) in [5, 5.41) is 0. The van der Waals surface area contributed by atoms with Gasteiger partial charge < -0.3 is 4.90 Å². The molecule has 3 aromatic rings. The van der Waals surface area contributed by atoms with E-state index in [-0.39, 0.29) is 11.7 Å². The van der Waals surface area contributed by atoms with Crippen LogP contribution >= 0.6 is 0 Å². The van der Waals surface area contributed by atoms with Gasteiger partial charge in [0.25, 0.3) is 0 Å². The van der Waals surface area contributed by atoms with Gasteiger partial charge in [-0.3, -0.25) is 14.6 Å². The Labute approximate surface area is 183 Å². The van der Waals surface area contributed by atoms with E-state index in [4.69, 9.17) is 0 Å². The number of carbonyl (C=O) groups excluding carboxylic acids is 2. The number of fused-ring (bicyclic) bond motifs is 1. The number of benzene rings is 2. The van der Waals surface area contributed by atoms with Crippen LogP contribution in [0.1, 0.15) is 52.6 Å². The molecule has 1 aromatic heterocycles. The van der Waals surface area contributed by atoms with Gasteiger partial charge in [0, 0.05) is 42.0 Å². The van der Waals surface area contributed by atoms with Gasteiger partial charge in [0.05, 0.1) is 0 Å². The van der Waals surface area contributed by atoms with Crippen molar-refractivity contribution in [3.8, 4) is 11.1 Å². The van der Waals surface area contributed by atoms with Crippen molar-refractivity contribution in [3.05, 3.63) is 82.7 Å². The van der Waals surface area contributed by atoms with E-state index >= 15 is 0 Å². The molecule has 0 spiro atoms. The van der Waals surface area contributed by atoms with Gasteiger partial charge in [-0.1, -0.05) is 43.3 Å². The van der Waals surface area contributed by atoms with Crippen LogP contribution in [0.3, 0.4) is 0 Å². The van der Waals surface area contributed by atoms with Crippen molar-refractivity contribution in [3.63, 3.8) is 0 Å². The van der Waals surface area contributed by atoms with Gasteiger partial charge in [-0.15, -0.1) is 0 Å². The average molecular weight is 413 g/mol. The number of pyridine rings is 1. The van der Waals surface area contributed by atoms with Crippen molar-refractivity contribution in [1.82, 2.24) is 4.98 Å². The Morgan fingerprint density at radius 1 is 0.968 bits per heavy atom. The van der Waals surface area contributed by atoms with Crippen molar-refractivity contribution in [2.75, 3.05) is 11.4 Å². The molecular weight excluding hydrogens is 384 g/mol. The number of aromatic nitrogens is 1. The van der Waals surface area contributed by atoms with Gasteiger partial charge in [0.1, 0.15) is 0 Å². The Morgan fingerprint density at radius 3 is 2.42 bits per heavy atom. The molecule has 0 saturated carbocycles. The Hall–Kier alpha value is -3.27. The standard InChI is InChI=1S/C27H28N2O2/c1-4-27(31)29-16-15-24-17-23(11-13-25(24)29)21-7-9-22(10-8-21)26(30)14-12-20-6-5-18(2)28-19(20)3/h5-11,13,17H,4,12,14-16H2,1-3H3. The van der Waals surface area contributed by atoms with Gasteiger partial charge in [-0.25, -0.2) is 0 Å². The van der Waals surface area contributed by atoms with E-state index in [0.29, 0.717) is 19.3 Å². The molecule has 0 bridgehead atoms. The van der Waals surface area contributed by atoms with E-state index in [1.807, 2.05) is 62.1 Å². The minimum atomic E-state index is 0.147. The highest BCUT2D eigenvalue weighted by molar-refractivity contribution is 5.97. The second-order valence-electron chi connectivity index (χ2n) is 8.19. The Balaban J connectivity index is 1.45. The largest absolute Gasteiger partial charge is 0.312 e. The van der Waals surface area contributed by atoms with Gasteiger partial charge in [-0.05, 0) is 67.1 Å². The fourth-order valence-corrected chi connectivity index (χ4v) is 4.25. The first-order valence-electron chi connectivity index (χ1n) is 11.0. The van der Waals surface area contributed by atoms with E-state index in [0.717, 1.165) is 52.3 Å². The van der Waals surface area contributed by atoms with Gasteiger partial charge in [0.15, 0.2) is 5.78 Å². The lowest BCUT2D eigenvalue weighted by atomic mass is 9.98. The lowest BCUT2D eigenvalue weighted by Gasteiger charge is -2.16. The summed E-state index contributed by atoms with van der Waals surface area (Å²) >= 11 is 0. The molecule has 4 heteroatoms. The van der Waals surface area contributed by atoms with E-state index in [2.05, 4.69) is 23.2 Å². The molecule has 1 aliphatic rings. The van der Waals surface area contributed by atoms with Crippen LogP contribution in [0, 0.1) is 13.8 Å². The summed E-state index contributed by atoms with van der Waals surface area (Å²) in [5.74, 6) is 0.320. The van der Waals surface area contributed by atoms with E-state index in [9.17, 15) is 9.59 Å². The van der Waals surface area contributed by atoms with Gasteiger partial charge in [-0.2, -0.15) is 0 Å². The topological polar surface area (TPSA) is 50.3 Å². The number of carbonyl (C=O) groups is 2. The number of aryl methyl sites for hydroxylation is 3. The number of hydrogen-bond donors (Lipinski definition) is 0. The van der Waals surface area contributed by atoms with E-state index in [1.54, 1.807) is 0 Å². The first-order chi connectivity index (χ1) is 15.0. The van der Waals surface area contributed by atoms with Crippen molar-refractivity contribution in [1.29, 1.82) is 0 Å². The third-order valence-corrected chi connectivity index (χ3v) is 6.07. The zero-order chi connectivity index (χ0) is 22.0. The second-order valence-corrected chi connectivity index (χ2v) is 8.19. The first-order valence-corrected chi connectivity index (χ1v) is 11.0. The number of ketones is 1. The summed E-state index contributed by atoms with van der Waals surface area (Å²) in [6.45, 7) is 6.63. The van der Waals surface area contributed by atoms with Crippen LogP contribution in [0.15, 0.2) is 54.6 Å². The molecule has 158 valence electrons. The summed E-state index contributed by atoms with van der Waals surface area (Å²) in [6, 6.07) is 18.2. The molecule has 1 aliphatic heterocycles. The Bertz CT molecular complexity index is 1130. The van der Waals surface area contributed by atoms with Crippen LogP contribution in [0.4, 0.5) is 5.69 Å². The lowest BCUT2D eigenvalue weighted by molar-refractivity contribution is -0.118. The molecule has 31 heavy (non-hydrogen) atoms. The third-order valence-electron chi connectivity index (χ3n) is 6.07. The lowest BCUT2D eigenvalue weighted by Crippen LogP contribution is -2.27. The van der Waals surface area contributed by atoms with Crippen LogP contribution in [0.2, 0.25) is 0 Å². The second kappa shape index (κ2) is 8.84. The average Bonchev–Trinajstić information content (AvgIpc) is 3.21. The molecule has 0 unspecified atom stereocenters. The minimum Gasteiger partial charge on any atom is -0.312 e. The first kappa shape index (κ1) is 21.0. The molecular formula is C27H28N2O2. The molecule has 2 heterocycles. The van der Waals surface area contributed by atoms with Crippen LogP contribution in [-0.4, -0.2) is 23.2 Å². The fourth-order valence-electron chi connectivity index (χ4n) is 4.25. The molecule has 0 atom stereocenters. The number of amides is 1. The van der Waals surface area contributed by atoms with Gasteiger partial charge in [0.2, 0.25) is 5.91 Å². The van der Waals surface area contributed by atoms with Crippen LogP contribution < -0.4 is 4.90 Å². The quantitative estimate of drug-likeness (QED) is 0.504. The Morgan fingerprint density at radius 2 is 1.71 bits per heavy atom. The number of hydrogen-bond acceptors (Lipinski definition) is 3. The molecule has 0 aliphatic carbocycles. The van der Waals surface area contributed by atoms with Crippen LogP contribution in [-0.2, 0) is 17.6 Å². The van der Waals surface area contributed by atoms with Crippen LogP contribution in [0.25, 0.3) is 11.1 Å². The zero-order valence-corrected chi connectivity index (χ0v) is 18.4. The molecule has 4 nitrogen and oxygen atoms in total. The summed E-state index contributed by atoms with van der Waals surface area (Å²) < 4.78 is 0. The maximum Gasteiger partial charge on any atom is 0.226 e. The molecule has 2 aromatic carbocycles. The Kier molecular flexibility index (Phi) is 5.99. The highest BCUT2D eigenvalue weighted by atomic mass is 16.2. The van der Waals surface area contributed by atoms with E-state index < -0.39 is 0 Å². The number of rotatable bonds is 6.